The number of fused-ring (bicyclic) bond motifs is 3. The molecule has 1 aromatic carbocycles. The van der Waals surface area contributed by atoms with Crippen LogP contribution < -0.4 is 10.9 Å². The summed E-state index contributed by atoms with van der Waals surface area (Å²) in [5.74, 6) is 0.587. The van der Waals surface area contributed by atoms with Gasteiger partial charge >= 0.3 is 0 Å². The molecule has 0 bridgehead atoms. The molecule has 154 valence electrons. The molecule has 0 fully saturated rings. The van der Waals surface area contributed by atoms with Crippen molar-refractivity contribution < 1.29 is 0 Å². The van der Waals surface area contributed by atoms with Crippen molar-refractivity contribution in [1.29, 1.82) is 0 Å². The largest absolute Gasteiger partial charge is 0.323 e. The lowest BCUT2D eigenvalue weighted by molar-refractivity contribution is 0.684. The van der Waals surface area contributed by atoms with Crippen molar-refractivity contribution in [2.75, 3.05) is 5.32 Å². The predicted molar refractivity (Wildman–Crippen MR) is 122 cm³/mol. The van der Waals surface area contributed by atoms with Crippen LogP contribution in [0.2, 0.25) is 0 Å². The molecule has 7 heteroatoms. The summed E-state index contributed by atoms with van der Waals surface area (Å²) in [6, 6.07) is 8.32. The molecule has 4 aromatic rings. The number of aromatic nitrogens is 4. The fourth-order valence-electron chi connectivity index (χ4n) is 4.23. The van der Waals surface area contributed by atoms with E-state index < -0.39 is 0 Å². The van der Waals surface area contributed by atoms with Crippen LogP contribution in [0.5, 0.6) is 0 Å². The minimum atomic E-state index is 0.0664. The number of nitrogens with one attached hydrogen (secondary N) is 1. The van der Waals surface area contributed by atoms with Crippen LogP contribution in [0.3, 0.4) is 0 Å². The van der Waals surface area contributed by atoms with Gasteiger partial charge < -0.3 is 5.32 Å². The van der Waals surface area contributed by atoms with E-state index in [4.69, 9.17) is 4.98 Å². The van der Waals surface area contributed by atoms with Gasteiger partial charge in [-0.05, 0) is 56.2 Å². The molecule has 0 atom stereocenters. The summed E-state index contributed by atoms with van der Waals surface area (Å²) in [6.45, 7) is 5.38. The predicted octanol–water partition coefficient (Wildman–Crippen LogP) is 4.65. The van der Waals surface area contributed by atoms with Gasteiger partial charge in [0, 0.05) is 17.6 Å². The first-order valence-corrected chi connectivity index (χ1v) is 11.3. The van der Waals surface area contributed by atoms with Gasteiger partial charge in [0.15, 0.2) is 0 Å². The lowest BCUT2D eigenvalue weighted by Gasteiger charge is -2.12. The van der Waals surface area contributed by atoms with Gasteiger partial charge in [0.05, 0.1) is 23.8 Å². The molecule has 3 heterocycles. The van der Waals surface area contributed by atoms with E-state index in [2.05, 4.69) is 29.5 Å². The highest BCUT2D eigenvalue weighted by Gasteiger charge is 2.21. The van der Waals surface area contributed by atoms with E-state index in [-0.39, 0.29) is 5.56 Å². The van der Waals surface area contributed by atoms with Crippen LogP contribution in [-0.2, 0) is 25.9 Å². The van der Waals surface area contributed by atoms with Gasteiger partial charge in [-0.1, -0.05) is 24.3 Å². The first kappa shape index (κ1) is 19.1. The van der Waals surface area contributed by atoms with Crippen molar-refractivity contribution in [2.45, 2.75) is 52.6 Å². The second-order valence-corrected chi connectivity index (χ2v) is 8.94. The fraction of sp³-hybridized carbons (Fsp3) is 0.348. The molecular weight excluding hydrogens is 394 g/mol. The quantitative estimate of drug-likeness (QED) is 0.511. The Bertz CT molecular complexity index is 1280. The van der Waals surface area contributed by atoms with Crippen LogP contribution in [-0.4, -0.2) is 19.3 Å². The molecule has 0 aliphatic heterocycles. The molecule has 1 N–H and O–H groups in total. The number of aryl methyl sites for hydroxylation is 3. The molecule has 0 saturated carbocycles. The third kappa shape index (κ3) is 3.33. The molecule has 5 rings (SSSR count). The van der Waals surface area contributed by atoms with Gasteiger partial charge in [-0.2, -0.15) is 5.10 Å². The maximum Gasteiger partial charge on any atom is 0.263 e. The Hall–Kier alpha value is -2.93. The molecule has 0 saturated heterocycles. The van der Waals surface area contributed by atoms with Crippen molar-refractivity contribution >= 4 is 33.2 Å². The first-order chi connectivity index (χ1) is 14.6. The highest BCUT2D eigenvalue weighted by molar-refractivity contribution is 7.18. The SMILES string of the molecule is CCn1c(Nc2cnn(Cc3ccccc3C)c2)nc2sc3c(c2c1=O)CCCC3. The van der Waals surface area contributed by atoms with Crippen molar-refractivity contribution in [3.05, 3.63) is 68.6 Å². The summed E-state index contributed by atoms with van der Waals surface area (Å²) < 4.78 is 3.64. The zero-order valence-electron chi connectivity index (χ0n) is 17.3. The second kappa shape index (κ2) is 7.72. The highest BCUT2D eigenvalue weighted by atomic mass is 32.1. The van der Waals surface area contributed by atoms with Gasteiger partial charge in [0.25, 0.3) is 5.56 Å². The number of hydrogen-bond donors (Lipinski definition) is 1. The molecule has 3 aromatic heterocycles. The molecular formula is C23H25N5OS. The minimum Gasteiger partial charge on any atom is -0.323 e. The number of anilines is 2. The normalized spacial score (nSPS) is 13.5. The third-order valence-corrected chi connectivity index (χ3v) is 7.06. The van der Waals surface area contributed by atoms with Crippen LogP contribution in [0.15, 0.2) is 41.5 Å². The van der Waals surface area contributed by atoms with Crippen molar-refractivity contribution in [3.8, 4) is 0 Å². The van der Waals surface area contributed by atoms with Crippen molar-refractivity contribution in [2.24, 2.45) is 0 Å². The van der Waals surface area contributed by atoms with E-state index in [1.54, 1.807) is 22.1 Å². The Kier molecular flexibility index (Phi) is 4.90. The van der Waals surface area contributed by atoms with E-state index in [0.29, 0.717) is 19.0 Å². The molecule has 0 amide bonds. The highest BCUT2D eigenvalue weighted by Crippen LogP contribution is 2.34. The lowest BCUT2D eigenvalue weighted by atomic mass is 9.97. The lowest BCUT2D eigenvalue weighted by Crippen LogP contribution is -2.23. The summed E-state index contributed by atoms with van der Waals surface area (Å²) >= 11 is 1.68. The van der Waals surface area contributed by atoms with Crippen molar-refractivity contribution in [3.63, 3.8) is 0 Å². The zero-order valence-corrected chi connectivity index (χ0v) is 18.1. The van der Waals surface area contributed by atoms with E-state index >= 15 is 0 Å². The van der Waals surface area contributed by atoms with E-state index in [9.17, 15) is 4.79 Å². The summed E-state index contributed by atoms with van der Waals surface area (Å²) in [5, 5.41) is 8.65. The standard InChI is InChI=1S/C23H25N5OS/c1-3-28-22(29)20-18-10-6-7-11-19(18)30-21(20)26-23(28)25-17-12-24-27(14-17)13-16-9-5-4-8-15(16)2/h4-5,8-9,12,14H,3,6-7,10-11,13H2,1-2H3,(H,25,26). The third-order valence-electron chi connectivity index (χ3n) is 5.87. The maximum absolute atomic E-state index is 13.3. The van der Waals surface area contributed by atoms with Crippen LogP contribution in [0, 0.1) is 6.92 Å². The van der Waals surface area contributed by atoms with Gasteiger partial charge in [0.1, 0.15) is 4.83 Å². The molecule has 1 aliphatic rings. The summed E-state index contributed by atoms with van der Waals surface area (Å²) in [5.41, 5.74) is 4.62. The molecule has 0 unspecified atom stereocenters. The average molecular weight is 420 g/mol. The number of rotatable bonds is 5. The smallest absolute Gasteiger partial charge is 0.263 e. The Morgan fingerprint density at radius 3 is 2.87 bits per heavy atom. The monoisotopic (exact) mass is 419 g/mol. The Morgan fingerprint density at radius 1 is 1.20 bits per heavy atom. The van der Waals surface area contributed by atoms with E-state index in [1.165, 1.54) is 28.0 Å². The Labute approximate surface area is 179 Å². The molecule has 1 aliphatic carbocycles. The van der Waals surface area contributed by atoms with Crippen molar-refractivity contribution in [1.82, 2.24) is 19.3 Å². The summed E-state index contributed by atoms with van der Waals surface area (Å²) in [4.78, 5) is 20.3. The molecule has 0 radical (unpaired) electrons. The maximum atomic E-state index is 13.3. The van der Waals surface area contributed by atoms with Crippen LogP contribution in [0.4, 0.5) is 11.6 Å². The van der Waals surface area contributed by atoms with Gasteiger partial charge in [-0.25, -0.2) is 4.98 Å². The Morgan fingerprint density at radius 2 is 2.03 bits per heavy atom. The van der Waals surface area contributed by atoms with Crippen LogP contribution in [0.1, 0.15) is 41.3 Å². The second-order valence-electron chi connectivity index (χ2n) is 7.85. The van der Waals surface area contributed by atoms with E-state index in [0.717, 1.165) is 35.2 Å². The van der Waals surface area contributed by atoms with Crippen LogP contribution in [0.25, 0.3) is 10.2 Å². The number of nitrogens with zero attached hydrogens (tertiary/aromatic N) is 4. The van der Waals surface area contributed by atoms with Gasteiger partial charge in [-0.15, -0.1) is 11.3 Å². The average Bonchev–Trinajstić information content (AvgIpc) is 3.34. The fourth-order valence-corrected chi connectivity index (χ4v) is 5.48. The van der Waals surface area contributed by atoms with Gasteiger partial charge in [-0.3, -0.25) is 14.0 Å². The summed E-state index contributed by atoms with van der Waals surface area (Å²) in [6.07, 6.45) is 8.17. The molecule has 30 heavy (non-hydrogen) atoms. The topological polar surface area (TPSA) is 64.7 Å². The number of thiophene rings is 1. The van der Waals surface area contributed by atoms with Crippen LogP contribution >= 0.6 is 11.3 Å². The first-order valence-electron chi connectivity index (χ1n) is 10.5. The van der Waals surface area contributed by atoms with E-state index in [1.807, 2.05) is 29.9 Å². The Balaban J connectivity index is 1.48. The zero-order chi connectivity index (χ0) is 20.7. The minimum absolute atomic E-state index is 0.0664. The number of hydrogen-bond acceptors (Lipinski definition) is 5. The van der Waals surface area contributed by atoms with Gasteiger partial charge in [0.2, 0.25) is 5.95 Å². The summed E-state index contributed by atoms with van der Waals surface area (Å²) in [7, 11) is 0. The molecule has 6 nitrogen and oxygen atoms in total. The molecule has 0 spiro atoms. The number of benzene rings is 1.